The molecule has 0 aliphatic heterocycles. The summed E-state index contributed by atoms with van der Waals surface area (Å²) >= 11 is 5.85. The van der Waals surface area contributed by atoms with Crippen molar-refractivity contribution in [3.8, 4) is 11.4 Å². The number of aromatic amines is 1. The minimum absolute atomic E-state index is 0.139. The molecule has 1 aromatic carbocycles. The topological polar surface area (TPSA) is 61.8 Å². The molecule has 15 heavy (non-hydrogen) atoms. The van der Waals surface area contributed by atoms with Gasteiger partial charge in [0.2, 0.25) is 0 Å². The predicted molar refractivity (Wildman–Crippen MR) is 57.5 cm³/mol. The average molecular weight is 224 g/mol. The van der Waals surface area contributed by atoms with E-state index >= 15 is 0 Å². The summed E-state index contributed by atoms with van der Waals surface area (Å²) in [7, 11) is 0. The van der Waals surface area contributed by atoms with Crippen molar-refractivity contribution in [3.63, 3.8) is 0 Å². The molecule has 0 aliphatic carbocycles. The number of nitrogens with zero attached hydrogens (tertiary/aromatic N) is 2. The molecule has 0 aliphatic rings. The van der Waals surface area contributed by atoms with Crippen molar-refractivity contribution in [2.45, 2.75) is 13.5 Å². The van der Waals surface area contributed by atoms with Crippen molar-refractivity contribution in [2.75, 3.05) is 0 Å². The van der Waals surface area contributed by atoms with E-state index in [1.54, 1.807) is 6.07 Å². The van der Waals surface area contributed by atoms with Gasteiger partial charge < -0.3 is 5.11 Å². The van der Waals surface area contributed by atoms with E-state index in [1.165, 1.54) is 0 Å². The van der Waals surface area contributed by atoms with E-state index in [0.717, 1.165) is 11.1 Å². The molecular formula is C10H10ClN3O. The lowest BCUT2D eigenvalue weighted by Crippen LogP contribution is -1.87. The van der Waals surface area contributed by atoms with Crippen molar-refractivity contribution >= 4 is 11.6 Å². The zero-order valence-corrected chi connectivity index (χ0v) is 8.91. The number of rotatable bonds is 2. The number of hydrogen-bond acceptors (Lipinski definition) is 3. The van der Waals surface area contributed by atoms with E-state index < -0.39 is 0 Å². The normalized spacial score (nSPS) is 10.6. The number of H-pyrrole nitrogens is 1. The van der Waals surface area contributed by atoms with Gasteiger partial charge in [0.05, 0.1) is 0 Å². The maximum absolute atomic E-state index is 8.86. The highest BCUT2D eigenvalue weighted by Crippen LogP contribution is 2.22. The van der Waals surface area contributed by atoms with Gasteiger partial charge in [-0.3, -0.25) is 5.10 Å². The Labute approximate surface area is 91.9 Å². The monoisotopic (exact) mass is 223 g/mol. The first kappa shape index (κ1) is 10.1. The minimum Gasteiger partial charge on any atom is -0.388 e. The third-order valence-corrected chi connectivity index (χ3v) is 2.35. The van der Waals surface area contributed by atoms with Crippen molar-refractivity contribution < 1.29 is 5.11 Å². The van der Waals surface area contributed by atoms with Crippen LogP contribution in [0.2, 0.25) is 5.02 Å². The number of aromatic nitrogens is 3. The molecule has 2 rings (SSSR count). The average Bonchev–Trinajstić information content (AvgIpc) is 2.66. The Morgan fingerprint density at radius 1 is 1.47 bits per heavy atom. The van der Waals surface area contributed by atoms with Crippen molar-refractivity contribution in [3.05, 3.63) is 34.6 Å². The highest BCUT2D eigenvalue weighted by Gasteiger charge is 2.07. The Kier molecular flexibility index (Phi) is 2.70. The molecule has 2 N–H and O–H groups in total. The molecule has 2 aromatic rings. The van der Waals surface area contributed by atoms with Gasteiger partial charge in [-0.05, 0) is 30.7 Å². The van der Waals surface area contributed by atoms with Crippen LogP contribution in [0.25, 0.3) is 11.4 Å². The fourth-order valence-corrected chi connectivity index (χ4v) is 1.59. The standard InChI is InChI=1S/C10H10ClN3O/c1-6-4-7(11)2-3-8(6)10-12-9(5-15)13-14-10/h2-4,15H,5H2,1H3,(H,12,13,14). The van der Waals surface area contributed by atoms with Gasteiger partial charge in [0.15, 0.2) is 11.6 Å². The van der Waals surface area contributed by atoms with Gasteiger partial charge in [-0.15, -0.1) is 0 Å². The molecule has 1 aromatic heterocycles. The van der Waals surface area contributed by atoms with Crippen LogP contribution in [0.4, 0.5) is 0 Å². The van der Waals surface area contributed by atoms with Crippen LogP contribution < -0.4 is 0 Å². The first-order valence-corrected chi connectivity index (χ1v) is 4.87. The first-order valence-electron chi connectivity index (χ1n) is 4.49. The molecule has 1 heterocycles. The van der Waals surface area contributed by atoms with Gasteiger partial charge in [-0.25, -0.2) is 4.98 Å². The Balaban J connectivity index is 2.44. The van der Waals surface area contributed by atoms with E-state index in [1.807, 2.05) is 19.1 Å². The van der Waals surface area contributed by atoms with Crippen molar-refractivity contribution in [2.24, 2.45) is 0 Å². The second kappa shape index (κ2) is 4.00. The van der Waals surface area contributed by atoms with Crippen LogP contribution in [0.5, 0.6) is 0 Å². The van der Waals surface area contributed by atoms with E-state index in [2.05, 4.69) is 15.2 Å². The molecule has 0 saturated heterocycles. The van der Waals surface area contributed by atoms with E-state index in [9.17, 15) is 0 Å². The minimum atomic E-state index is -0.139. The fraction of sp³-hybridized carbons (Fsp3) is 0.200. The Bertz CT molecular complexity index is 481. The Hall–Kier alpha value is -1.39. The van der Waals surface area contributed by atoms with Crippen LogP contribution in [-0.2, 0) is 6.61 Å². The van der Waals surface area contributed by atoms with E-state index in [-0.39, 0.29) is 6.61 Å². The third kappa shape index (κ3) is 2.00. The molecule has 0 atom stereocenters. The van der Waals surface area contributed by atoms with Crippen molar-refractivity contribution in [1.82, 2.24) is 15.2 Å². The van der Waals surface area contributed by atoms with Gasteiger partial charge in [-0.2, -0.15) is 5.10 Å². The summed E-state index contributed by atoms with van der Waals surface area (Å²) < 4.78 is 0. The number of benzene rings is 1. The predicted octanol–water partition coefficient (Wildman–Crippen LogP) is 1.93. The van der Waals surface area contributed by atoms with Crippen LogP contribution in [0.3, 0.4) is 0 Å². The Morgan fingerprint density at radius 2 is 2.27 bits per heavy atom. The fourth-order valence-electron chi connectivity index (χ4n) is 1.36. The number of aryl methyl sites for hydroxylation is 1. The number of hydrogen-bond donors (Lipinski definition) is 2. The lowest BCUT2D eigenvalue weighted by Gasteiger charge is -2.00. The molecule has 0 amide bonds. The third-order valence-electron chi connectivity index (χ3n) is 2.11. The summed E-state index contributed by atoms with van der Waals surface area (Å²) in [5, 5.41) is 16.2. The summed E-state index contributed by atoms with van der Waals surface area (Å²) in [6.45, 7) is 1.80. The van der Waals surface area contributed by atoms with Gasteiger partial charge in [0.25, 0.3) is 0 Å². The number of aliphatic hydroxyl groups is 1. The lowest BCUT2D eigenvalue weighted by molar-refractivity contribution is 0.272. The second-order valence-electron chi connectivity index (χ2n) is 3.22. The number of halogens is 1. The SMILES string of the molecule is Cc1cc(Cl)ccc1-c1n[nH]c(CO)n1. The summed E-state index contributed by atoms with van der Waals surface area (Å²) in [5.41, 5.74) is 1.92. The van der Waals surface area contributed by atoms with E-state index in [4.69, 9.17) is 16.7 Å². The summed E-state index contributed by atoms with van der Waals surface area (Å²) in [6, 6.07) is 5.51. The largest absolute Gasteiger partial charge is 0.388 e. The summed E-state index contributed by atoms with van der Waals surface area (Å²) in [4.78, 5) is 4.13. The van der Waals surface area contributed by atoms with Gasteiger partial charge >= 0.3 is 0 Å². The van der Waals surface area contributed by atoms with Crippen molar-refractivity contribution in [1.29, 1.82) is 0 Å². The zero-order valence-electron chi connectivity index (χ0n) is 8.16. The number of nitrogens with one attached hydrogen (secondary N) is 1. The Morgan fingerprint density at radius 3 is 2.87 bits per heavy atom. The summed E-state index contributed by atoms with van der Waals surface area (Å²) in [5.74, 6) is 1.03. The molecule has 0 saturated carbocycles. The highest BCUT2D eigenvalue weighted by molar-refractivity contribution is 6.30. The molecule has 5 heteroatoms. The lowest BCUT2D eigenvalue weighted by atomic mass is 10.1. The van der Waals surface area contributed by atoms with E-state index in [0.29, 0.717) is 16.7 Å². The van der Waals surface area contributed by atoms with Crippen LogP contribution in [-0.4, -0.2) is 20.3 Å². The van der Waals surface area contributed by atoms with Gasteiger partial charge in [0.1, 0.15) is 6.61 Å². The molecule has 0 spiro atoms. The number of aliphatic hydroxyl groups excluding tert-OH is 1. The van der Waals surface area contributed by atoms with Crippen LogP contribution in [0, 0.1) is 6.92 Å². The summed E-state index contributed by atoms with van der Waals surface area (Å²) in [6.07, 6.45) is 0. The molecule has 0 radical (unpaired) electrons. The maximum Gasteiger partial charge on any atom is 0.181 e. The van der Waals surface area contributed by atoms with Crippen LogP contribution >= 0.6 is 11.6 Å². The molecule has 78 valence electrons. The first-order chi connectivity index (χ1) is 7.20. The molecule has 0 unspecified atom stereocenters. The molecular weight excluding hydrogens is 214 g/mol. The van der Waals surface area contributed by atoms with Gasteiger partial charge in [0, 0.05) is 10.6 Å². The molecule has 0 fully saturated rings. The highest BCUT2D eigenvalue weighted by atomic mass is 35.5. The molecule has 4 nitrogen and oxygen atoms in total. The quantitative estimate of drug-likeness (QED) is 0.818. The van der Waals surface area contributed by atoms with Crippen LogP contribution in [0.15, 0.2) is 18.2 Å². The zero-order chi connectivity index (χ0) is 10.8. The molecule has 0 bridgehead atoms. The smallest absolute Gasteiger partial charge is 0.181 e. The van der Waals surface area contributed by atoms with Crippen LogP contribution in [0.1, 0.15) is 11.4 Å². The maximum atomic E-state index is 8.86. The van der Waals surface area contributed by atoms with Gasteiger partial charge in [-0.1, -0.05) is 11.6 Å². The second-order valence-corrected chi connectivity index (χ2v) is 3.66.